The number of nitrogens with two attached hydrogens (primary N) is 1. The van der Waals surface area contributed by atoms with Gasteiger partial charge in [0.1, 0.15) is 4.90 Å². The number of nitrogens with one attached hydrogen (secondary N) is 1. The lowest BCUT2D eigenvalue weighted by Gasteiger charge is -2.09. The second kappa shape index (κ2) is 5.05. The summed E-state index contributed by atoms with van der Waals surface area (Å²) in [5, 5.41) is 14.6. The van der Waals surface area contributed by atoms with Crippen molar-refractivity contribution in [2.24, 2.45) is 7.05 Å². The minimum Gasteiger partial charge on any atom is -0.397 e. The fourth-order valence-electron chi connectivity index (χ4n) is 1.79. The Morgan fingerprint density at radius 3 is 2.57 bits per heavy atom. The van der Waals surface area contributed by atoms with Crippen LogP contribution in [-0.2, 0) is 17.1 Å². The average molecular weight is 311 g/mol. The van der Waals surface area contributed by atoms with Crippen LogP contribution in [0.1, 0.15) is 5.69 Å². The number of benzene rings is 1. The number of sulfonamides is 1. The number of aryl methyl sites for hydroxylation is 2. The predicted octanol–water partition coefficient (Wildman–Crippen LogP) is 1.02. The fourth-order valence-corrected chi connectivity index (χ4v) is 3.01. The number of nitro groups is 1. The van der Waals surface area contributed by atoms with Crippen molar-refractivity contribution in [3.05, 3.63) is 40.2 Å². The maximum absolute atomic E-state index is 12.3. The van der Waals surface area contributed by atoms with E-state index in [-0.39, 0.29) is 16.3 Å². The van der Waals surface area contributed by atoms with E-state index in [9.17, 15) is 18.5 Å². The van der Waals surface area contributed by atoms with Crippen molar-refractivity contribution >= 4 is 27.1 Å². The molecule has 0 bridgehead atoms. The zero-order chi connectivity index (χ0) is 15.8. The topological polar surface area (TPSA) is 133 Å². The van der Waals surface area contributed by atoms with E-state index in [1.807, 2.05) is 0 Å². The molecule has 0 amide bonds. The third-order valence-electron chi connectivity index (χ3n) is 2.75. The lowest BCUT2D eigenvalue weighted by Crippen LogP contribution is -2.15. The van der Waals surface area contributed by atoms with Crippen LogP contribution in [0.2, 0.25) is 0 Å². The number of nitro benzene ring substituents is 1. The predicted molar refractivity (Wildman–Crippen MR) is 76.3 cm³/mol. The highest BCUT2D eigenvalue weighted by atomic mass is 32.2. The molecule has 10 heteroatoms. The molecule has 9 nitrogen and oxygen atoms in total. The molecule has 0 unspecified atom stereocenters. The van der Waals surface area contributed by atoms with Gasteiger partial charge in [0, 0.05) is 25.4 Å². The van der Waals surface area contributed by atoms with Gasteiger partial charge in [-0.15, -0.1) is 0 Å². The molecule has 2 aromatic rings. The van der Waals surface area contributed by atoms with Gasteiger partial charge < -0.3 is 5.73 Å². The summed E-state index contributed by atoms with van der Waals surface area (Å²) >= 11 is 0. The van der Waals surface area contributed by atoms with Crippen LogP contribution in [0.3, 0.4) is 0 Å². The van der Waals surface area contributed by atoms with Gasteiger partial charge in [0.25, 0.3) is 15.7 Å². The van der Waals surface area contributed by atoms with E-state index in [0.29, 0.717) is 11.4 Å². The molecule has 1 aromatic carbocycles. The largest absolute Gasteiger partial charge is 0.397 e. The Labute approximate surface area is 120 Å². The minimum atomic E-state index is -3.95. The van der Waals surface area contributed by atoms with Crippen LogP contribution in [0.5, 0.6) is 0 Å². The summed E-state index contributed by atoms with van der Waals surface area (Å²) in [6, 6.07) is 3.19. The molecule has 2 rings (SSSR count). The van der Waals surface area contributed by atoms with Gasteiger partial charge in [0.05, 0.1) is 22.0 Å². The normalized spacial score (nSPS) is 11.3. The van der Waals surface area contributed by atoms with E-state index in [2.05, 4.69) is 9.82 Å². The zero-order valence-corrected chi connectivity index (χ0v) is 12.1. The molecule has 21 heavy (non-hydrogen) atoms. The molecule has 0 aliphatic heterocycles. The maximum atomic E-state index is 12.3. The number of nitrogen functional groups attached to an aromatic ring is 1. The van der Waals surface area contributed by atoms with E-state index in [1.165, 1.54) is 10.9 Å². The van der Waals surface area contributed by atoms with Crippen molar-refractivity contribution in [2.45, 2.75) is 11.8 Å². The number of hydrogen-bond donors (Lipinski definition) is 2. The van der Waals surface area contributed by atoms with Crippen molar-refractivity contribution in [3.63, 3.8) is 0 Å². The molecule has 0 saturated carbocycles. The first-order valence-electron chi connectivity index (χ1n) is 5.77. The monoisotopic (exact) mass is 311 g/mol. The van der Waals surface area contributed by atoms with Crippen LogP contribution in [0.4, 0.5) is 17.1 Å². The van der Waals surface area contributed by atoms with Crippen molar-refractivity contribution < 1.29 is 13.3 Å². The molecule has 3 N–H and O–H groups in total. The zero-order valence-electron chi connectivity index (χ0n) is 11.3. The minimum absolute atomic E-state index is 0.196. The van der Waals surface area contributed by atoms with Gasteiger partial charge >= 0.3 is 0 Å². The van der Waals surface area contributed by atoms with Gasteiger partial charge in [-0.25, -0.2) is 8.42 Å². The Balaban J connectivity index is 2.40. The second-order valence-electron chi connectivity index (χ2n) is 4.39. The Kier molecular flexibility index (Phi) is 3.56. The van der Waals surface area contributed by atoms with Crippen LogP contribution in [0, 0.1) is 17.0 Å². The highest BCUT2D eigenvalue weighted by Crippen LogP contribution is 2.26. The number of aromatic nitrogens is 2. The number of nitrogens with zero attached hydrogens (tertiary/aromatic N) is 3. The number of hydrogen-bond acceptors (Lipinski definition) is 6. The molecule has 0 aliphatic rings. The average Bonchev–Trinajstić information content (AvgIpc) is 2.66. The van der Waals surface area contributed by atoms with E-state index in [1.54, 1.807) is 14.0 Å². The molecule has 1 aromatic heterocycles. The van der Waals surface area contributed by atoms with Crippen LogP contribution in [0.25, 0.3) is 0 Å². The number of anilines is 2. The first kappa shape index (κ1) is 14.8. The quantitative estimate of drug-likeness (QED) is 0.492. The van der Waals surface area contributed by atoms with E-state index in [0.717, 1.165) is 18.2 Å². The summed E-state index contributed by atoms with van der Waals surface area (Å²) in [5.41, 5.74) is 5.94. The summed E-state index contributed by atoms with van der Waals surface area (Å²) in [4.78, 5) is 9.75. The Morgan fingerprint density at radius 1 is 1.43 bits per heavy atom. The Bertz CT molecular complexity index is 812. The molecule has 0 fully saturated rings. The smallest absolute Gasteiger partial charge is 0.271 e. The van der Waals surface area contributed by atoms with Crippen molar-refractivity contribution in [1.82, 2.24) is 9.78 Å². The van der Waals surface area contributed by atoms with Crippen LogP contribution >= 0.6 is 0 Å². The molecule has 0 radical (unpaired) electrons. The summed E-state index contributed by atoms with van der Waals surface area (Å²) < 4.78 is 28.4. The molecular formula is C11H13N5O4S. The molecule has 0 saturated heterocycles. The SMILES string of the molecule is Cc1nn(C)cc1NS(=O)(=O)c1ccc([N+](=O)[O-])cc1N. The van der Waals surface area contributed by atoms with Crippen molar-refractivity contribution in [1.29, 1.82) is 0 Å². The summed E-state index contributed by atoms with van der Waals surface area (Å²) in [6.45, 7) is 1.65. The van der Waals surface area contributed by atoms with Crippen LogP contribution < -0.4 is 10.5 Å². The van der Waals surface area contributed by atoms with E-state index < -0.39 is 14.9 Å². The summed E-state index contributed by atoms with van der Waals surface area (Å²) in [7, 11) is -2.29. The lowest BCUT2D eigenvalue weighted by molar-refractivity contribution is -0.384. The van der Waals surface area contributed by atoms with Gasteiger partial charge in [-0.2, -0.15) is 5.10 Å². The number of rotatable bonds is 4. The first-order valence-corrected chi connectivity index (χ1v) is 7.26. The molecule has 112 valence electrons. The first-order chi connectivity index (χ1) is 9.70. The summed E-state index contributed by atoms with van der Waals surface area (Å²) in [6.07, 6.45) is 1.51. The lowest BCUT2D eigenvalue weighted by atomic mass is 10.3. The van der Waals surface area contributed by atoms with Crippen molar-refractivity contribution in [2.75, 3.05) is 10.5 Å². The molecule has 1 heterocycles. The Morgan fingerprint density at radius 2 is 2.10 bits per heavy atom. The maximum Gasteiger partial charge on any atom is 0.271 e. The van der Waals surface area contributed by atoms with Crippen molar-refractivity contribution in [3.8, 4) is 0 Å². The third-order valence-corrected chi connectivity index (χ3v) is 4.19. The molecular weight excluding hydrogens is 298 g/mol. The molecule has 0 atom stereocenters. The highest BCUT2D eigenvalue weighted by Gasteiger charge is 2.21. The standard InChI is InChI=1S/C11H13N5O4S/c1-7-10(6-15(2)13-7)14-21(19,20)11-4-3-8(16(17)18)5-9(11)12/h3-6,14H,12H2,1-2H3. The molecule has 0 aliphatic carbocycles. The fraction of sp³-hybridized carbons (Fsp3) is 0.182. The summed E-state index contributed by atoms with van der Waals surface area (Å²) in [5.74, 6) is 0. The van der Waals surface area contributed by atoms with Crippen LogP contribution in [0.15, 0.2) is 29.3 Å². The van der Waals surface area contributed by atoms with Gasteiger partial charge in [-0.1, -0.05) is 0 Å². The Hall–Kier alpha value is -2.62. The van der Waals surface area contributed by atoms with E-state index >= 15 is 0 Å². The van der Waals surface area contributed by atoms with Gasteiger partial charge in [-0.3, -0.25) is 19.5 Å². The van der Waals surface area contributed by atoms with Crippen LogP contribution in [-0.4, -0.2) is 23.1 Å². The van der Waals surface area contributed by atoms with Gasteiger partial charge in [0.2, 0.25) is 0 Å². The highest BCUT2D eigenvalue weighted by molar-refractivity contribution is 7.92. The second-order valence-corrected chi connectivity index (χ2v) is 6.04. The van der Waals surface area contributed by atoms with Gasteiger partial charge in [0.15, 0.2) is 0 Å². The van der Waals surface area contributed by atoms with E-state index in [4.69, 9.17) is 5.73 Å². The molecule has 0 spiro atoms. The third kappa shape index (κ3) is 2.94. The number of non-ortho nitro benzene ring substituents is 1. The van der Waals surface area contributed by atoms with Gasteiger partial charge in [-0.05, 0) is 13.0 Å².